The molecule has 0 radical (unpaired) electrons. The first-order chi connectivity index (χ1) is 7.88. The molecule has 2 heterocycles. The summed E-state index contributed by atoms with van der Waals surface area (Å²) in [5, 5.41) is 3.34. The molecule has 1 aromatic rings. The molecule has 0 saturated carbocycles. The van der Waals surface area contributed by atoms with Crippen molar-refractivity contribution >= 4 is 5.69 Å². The van der Waals surface area contributed by atoms with Gasteiger partial charge in [-0.15, -0.1) is 0 Å². The number of aromatic nitrogens is 1. The van der Waals surface area contributed by atoms with E-state index in [2.05, 4.69) is 10.3 Å². The highest BCUT2D eigenvalue weighted by Crippen LogP contribution is 2.16. The van der Waals surface area contributed by atoms with Crippen molar-refractivity contribution in [3.05, 3.63) is 18.3 Å². The number of nitrogens with one attached hydrogen (secondary N) is 1. The van der Waals surface area contributed by atoms with Crippen LogP contribution in [-0.4, -0.2) is 31.3 Å². The van der Waals surface area contributed by atoms with E-state index in [0.29, 0.717) is 12.0 Å². The van der Waals surface area contributed by atoms with Gasteiger partial charge in [-0.2, -0.15) is 0 Å². The van der Waals surface area contributed by atoms with Gasteiger partial charge in [-0.05, 0) is 25.3 Å². The number of nitrogens with zero attached hydrogens (tertiary/aromatic N) is 1. The second-order valence-corrected chi connectivity index (χ2v) is 3.96. The van der Waals surface area contributed by atoms with E-state index in [0.717, 1.165) is 25.3 Å². The Morgan fingerprint density at radius 1 is 1.56 bits per heavy atom. The minimum atomic E-state index is 0.341. The van der Waals surface area contributed by atoms with Crippen LogP contribution in [0.2, 0.25) is 0 Å². The number of pyridine rings is 1. The molecular formula is C12H18N2O2. The van der Waals surface area contributed by atoms with Crippen LogP contribution in [-0.2, 0) is 4.74 Å². The highest BCUT2D eigenvalue weighted by molar-refractivity contribution is 5.45. The van der Waals surface area contributed by atoms with E-state index in [4.69, 9.17) is 9.47 Å². The Bertz CT molecular complexity index is 325. The molecule has 0 spiro atoms. The smallest absolute Gasteiger partial charge is 0.214 e. The van der Waals surface area contributed by atoms with Crippen LogP contribution in [0.25, 0.3) is 0 Å². The third-order valence-corrected chi connectivity index (χ3v) is 2.75. The molecule has 4 nitrogen and oxygen atoms in total. The highest BCUT2D eigenvalue weighted by atomic mass is 16.5. The fraction of sp³-hybridized carbons (Fsp3) is 0.583. The van der Waals surface area contributed by atoms with Gasteiger partial charge in [0.15, 0.2) is 0 Å². The molecule has 0 bridgehead atoms. The number of hydrogen-bond donors (Lipinski definition) is 1. The highest BCUT2D eigenvalue weighted by Gasteiger charge is 2.13. The van der Waals surface area contributed by atoms with Crippen molar-refractivity contribution in [3.8, 4) is 5.88 Å². The van der Waals surface area contributed by atoms with Crippen LogP contribution in [0, 0.1) is 0 Å². The summed E-state index contributed by atoms with van der Waals surface area (Å²) in [6.45, 7) is 1.75. The minimum Gasteiger partial charge on any atom is -0.481 e. The van der Waals surface area contributed by atoms with Crippen molar-refractivity contribution in [2.24, 2.45) is 0 Å². The van der Waals surface area contributed by atoms with E-state index < -0.39 is 0 Å². The fourth-order valence-corrected chi connectivity index (χ4v) is 1.83. The second kappa shape index (κ2) is 5.70. The summed E-state index contributed by atoms with van der Waals surface area (Å²) < 4.78 is 10.7. The number of anilines is 1. The molecule has 0 aliphatic carbocycles. The summed E-state index contributed by atoms with van der Waals surface area (Å²) in [4.78, 5) is 4.06. The van der Waals surface area contributed by atoms with Gasteiger partial charge in [-0.3, -0.25) is 0 Å². The molecule has 1 N–H and O–H groups in total. The van der Waals surface area contributed by atoms with Gasteiger partial charge in [-0.1, -0.05) is 0 Å². The lowest BCUT2D eigenvalue weighted by Crippen LogP contribution is -2.26. The lowest BCUT2D eigenvalue weighted by Gasteiger charge is -2.23. The van der Waals surface area contributed by atoms with Crippen LogP contribution in [0.15, 0.2) is 18.3 Å². The van der Waals surface area contributed by atoms with Crippen LogP contribution < -0.4 is 10.1 Å². The Kier molecular flexibility index (Phi) is 3.99. The van der Waals surface area contributed by atoms with Gasteiger partial charge in [-0.25, -0.2) is 4.98 Å². The van der Waals surface area contributed by atoms with Crippen molar-refractivity contribution in [1.82, 2.24) is 4.98 Å². The number of methoxy groups -OCH3 is 1. The van der Waals surface area contributed by atoms with Crippen molar-refractivity contribution in [2.45, 2.75) is 25.4 Å². The van der Waals surface area contributed by atoms with Crippen LogP contribution in [0.4, 0.5) is 5.69 Å². The zero-order chi connectivity index (χ0) is 11.2. The lowest BCUT2D eigenvalue weighted by molar-refractivity contribution is 0.0247. The predicted octanol–water partition coefficient (Wildman–Crippen LogP) is 2.07. The molecule has 1 aliphatic rings. The topological polar surface area (TPSA) is 43.4 Å². The van der Waals surface area contributed by atoms with E-state index in [-0.39, 0.29) is 0 Å². The van der Waals surface area contributed by atoms with Gasteiger partial charge in [0.2, 0.25) is 5.88 Å². The first-order valence-corrected chi connectivity index (χ1v) is 5.74. The average Bonchev–Trinajstić information content (AvgIpc) is 2.38. The van der Waals surface area contributed by atoms with E-state index in [1.165, 1.54) is 12.8 Å². The Labute approximate surface area is 96.0 Å². The molecule has 88 valence electrons. The summed E-state index contributed by atoms with van der Waals surface area (Å²) in [6.07, 6.45) is 5.69. The molecule has 0 amide bonds. The molecule has 2 rings (SSSR count). The fourth-order valence-electron chi connectivity index (χ4n) is 1.83. The third kappa shape index (κ3) is 3.10. The largest absolute Gasteiger partial charge is 0.481 e. The molecule has 1 aliphatic heterocycles. The van der Waals surface area contributed by atoms with Gasteiger partial charge in [0.1, 0.15) is 0 Å². The monoisotopic (exact) mass is 222 g/mol. The average molecular weight is 222 g/mol. The summed E-state index contributed by atoms with van der Waals surface area (Å²) in [5.41, 5.74) is 1.03. The van der Waals surface area contributed by atoms with Gasteiger partial charge < -0.3 is 14.8 Å². The lowest BCUT2D eigenvalue weighted by atomic mass is 10.1. The Morgan fingerprint density at radius 3 is 3.25 bits per heavy atom. The van der Waals surface area contributed by atoms with E-state index >= 15 is 0 Å². The van der Waals surface area contributed by atoms with Crippen LogP contribution in [0.5, 0.6) is 5.88 Å². The van der Waals surface area contributed by atoms with E-state index in [1.54, 1.807) is 13.3 Å². The van der Waals surface area contributed by atoms with Crippen LogP contribution >= 0.6 is 0 Å². The number of hydrogen-bond acceptors (Lipinski definition) is 4. The summed E-state index contributed by atoms with van der Waals surface area (Å²) in [7, 11) is 1.62. The van der Waals surface area contributed by atoms with Crippen molar-refractivity contribution in [1.29, 1.82) is 0 Å². The van der Waals surface area contributed by atoms with Crippen molar-refractivity contribution in [2.75, 3.05) is 25.6 Å². The first-order valence-electron chi connectivity index (χ1n) is 5.74. The van der Waals surface area contributed by atoms with Gasteiger partial charge in [0, 0.05) is 31.1 Å². The molecule has 1 aromatic heterocycles. The Morgan fingerprint density at radius 2 is 2.50 bits per heavy atom. The minimum absolute atomic E-state index is 0.341. The maximum Gasteiger partial charge on any atom is 0.214 e. The van der Waals surface area contributed by atoms with E-state index in [1.807, 2.05) is 12.1 Å². The zero-order valence-electron chi connectivity index (χ0n) is 9.61. The molecule has 0 aromatic carbocycles. The standard InChI is InChI=1S/C12H18N2O2/c1-15-12-8-10(5-6-13-12)14-9-11-4-2-3-7-16-11/h5-6,8,11H,2-4,7,9H2,1H3,(H,13,14). The van der Waals surface area contributed by atoms with Crippen LogP contribution in [0.3, 0.4) is 0 Å². The molecule has 16 heavy (non-hydrogen) atoms. The van der Waals surface area contributed by atoms with Gasteiger partial charge >= 0.3 is 0 Å². The number of ether oxygens (including phenoxy) is 2. The van der Waals surface area contributed by atoms with Gasteiger partial charge in [0.05, 0.1) is 13.2 Å². The summed E-state index contributed by atoms with van der Waals surface area (Å²) in [5.74, 6) is 0.634. The van der Waals surface area contributed by atoms with Crippen molar-refractivity contribution in [3.63, 3.8) is 0 Å². The molecule has 4 heteroatoms. The summed E-state index contributed by atoms with van der Waals surface area (Å²) in [6, 6.07) is 3.83. The maximum atomic E-state index is 5.65. The Balaban J connectivity index is 1.83. The Hall–Kier alpha value is -1.29. The van der Waals surface area contributed by atoms with Crippen LogP contribution in [0.1, 0.15) is 19.3 Å². The normalized spacial score (nSPS) is 20.4. The quantitative estimate of drug-likeness (QED) is 0.847. The molecule has 1 unspecified atom stereocenters. The third-order valence-electron chi connectivity index (χ3n) is 2.75. The molecule has 1 saturated heterocycles. The SMILES string of the molecule is COc1cc(NCC2CCCCO2)ccn1. The second-order valence-electron chi connectivity index (χ2n) is 3.96. The maximum absolute atomic E-state index is 5.65. The summed E-state index contributed by atoms with van der Waals surface area (Å²) >= 11 is 0. The molecular weight excluding hydrogens is 204 g/mol. The van der Waals surface area contributed by atoms with Gasteiger partial charge in [0.25, 0.3) is 0 Å². The van der Waals surface area contributed by atoms with E-state index in [9.17, 15) is 0 Å². The number of rotatable bonds is 4. The van der Waals surface area contributed by atoms with Crippen molar-refractivity contribution < 1.29 is 9.47 Å². The first kappa shape index (κ1) is 11.2. The zero-order valence-corrected chi connectivity index (χ0v) is 9.61. The predicted molar refractivity (Wildman–Crippen MR) is 62.9 cm³/mol. The molecule has 1 atom stereocenters. The molecule has 1 fully saturated rings.